The predicted octanol–water partition coefficient (Wildman–Crippen LogP) is 2.93. The van der Waals surface area contributed by atoms with E-state index in [1.165, 1.54) is 19.3 Å². The maximum absolute atomic E-state index is 13.1. The Morgan fingerprint density at radius 3 is 2.68 bits per heavy atom. The van der Waals surface area contributed by atoms with Gasteiger partial charge >= 0.3 is 0 Å². The van der Waals surface area contributed by atoms with Crippen molar-refractivity contribution in [2.24, 2.45) is 16.6 Å². The van der Waals surface area contributed by atoms with Crippen LogP contribution in [0.1, 0.15) is 24.8 Å². The maximum atomic E-state index is 13.1. The van der Waals surface area contributed by atoms with Crippen LogP contribution in [0, 0.1) is 17.6 Å². The number of hydrogen-bond donors (Lipinski definition) is 2. The van der Waals surface area contributed by atoms with Gasteiger partial charge in [-0.15, -0.1) is 0 Å². The van der Waals surface area contributed by atoms with Gasteiger partial charge in [-0.1, -0.05) is 22.4 Å². The van der Waals surface area contributed by atoms with Gasteiger partial charge in [0, 0.05) is 11.0 Å². The molecule has 3 nitrogen and oxygen atoms in total. The van der Waals surface area contributed by atoms with Crippen molar-refractivity contribution in [2.75, 3.05) is 6.54 Å². The van der Waals surface area contributed by atoms with Crippen molar-refractivity contribution in [1.29, 1.82) is 0 Å². The molecule has 0 bridgehead atoms. The highest BCUT2D eigenvalue weighted by molar-refractivity contribution is 9.10. The number of nitrogens with two attached hydrogens (primary N) is 1. The third-order valence-electron chi connectivity index (χ3n) is 3.31. The van der Waals surface area contributed by atoms with E-state index in [0.29, 0.717) is 21.9 Å². The van der Waals surface area contributed by atoms with Crippen molar-refractivity contribution < 1.29 is 8.78 Å². The zero-order chi connectivity index (χ0) is 13.8. The van der Waals surface area contributed by atoms with E-state index >= 15 is 0 Å². The Labute approximate surface area is 119 Å². The number of guanidine groups is 1. The molecular formula is C13H16BrF2N3. The van der Waals surface area contributed by atoms with Crippen LogP contribution in [-0.4, -0.2) is 12.5 Å². The third kappa shape index (κ3) is 3.89. The first-order valence-corrected chi connectivity index (χ1v) is 7.03. The first-order valence-electron chi connectivity index (χ1n) is 6.23. The molecule has 0 heterocycles. The average Bonchev–Trinajstić information content (AvgIpc) is 2.30. The first-order chi connectivity index (χ1) is 9.06. The van der Waals surface area contributed by atoms with E-state index in [9.17, 15) is 8.78 Å². The summed E-state index contributed by atoms with van der Waals surface area (Å²) >= 11 is 3.18. The van der Waals surface area contributed by atoms with Gasteiger partial charge in [-0.25, -0.2) is 13.8 Å². The number of rotatable bonds is 4. The second kappa shape index (κ2) is 6.32. The molecule has 104 valence electrons. The quantitative estimate of drug-likeness (QED) is 0.506. The number of nitrogens with one attached hydrogen (secondary N) is 1. The molecule has 0 saturated heterocycles. The van der Waals surface area contributed by atoms with Crippen LogP contribution < -0.4 is 11.1 Å². The highest BCUT2D eigenvalue weighted by atomic mass is 79.9. The summed E-state index contributed by atoms with van der Waals surface area (Å²) in [5.41, 5.74) is 6.28. The summed E-state index contributed by atoms with van der Waals surface area (Å²) in [7, 11) is 0. The van der Waals surface area contributed by atoms with Gasteiger partial charge in [0.2, 0.25) is 0 Å². The fraction of sp³-hybridized carbons (Fsp3) is 0.462. The van der Waals surface area contributed by atoms with Crippen LogP contribution in [-0.2, 0) is 6.54 Å². The number of hydrogen-bond acceptors (Lipinski definition) is 1. The van der Waals surface area contributed by atoms with Gasteiger partial charge < -0.3 is 11.1 Å². The van der Waals surface area contributed by atoms with E-state index in [4.69, 9.17) is 5.73 Å². The third-order valence-corrected chi connectivity index (χ3v) is 4.04. The fourth-order valence-electron chi connectivity index (χ4n) is 1.86. The lowest BCUT2D eigenvalue weighted by Crippen LogP contribution is -2.37. The molecule has 0 amide bonds. The van der Waals surface area contributed by atoms with Crippen LogP contribution in [0.15, 0.2) is 21.6 Å². The summed E-state index contributed by atoms with van der Waals surface area (Å²) in [6.45, 7) is 1.04. The minimum absolute atomic E-state index is 0.210. The van der Waals surface area contributed by atoms with E-state index in [0.717, 1.165) is 18.7 Å². The van der Waals surface area contributed by atoms with E-state index in [2.05, 4.69) is 26.2 Å². The normalized spacial score (nSPS) is 16.3. The smallest absolute Gasteiger partial charge is 0.188 e. The Morgan fingerprint density at radius 2 is 2.05 bits per heavy atom. The Kier molecular flexibility index (Phi) is 4.74. The average molecular weight is 332 g/mol. The predicted molar refractivity (Wildman–Crippen MR) is 74.7 cm³/mol. The minimum Gasteiger partial charge on any atom is -0.370 e. The van der Waals surface area contributed by atoms with Crippen molar-refractivity contribution in [2.45, 2.75) is 25.8 Å². The molecule has 1 aliphatic carbocycles. The molecule has 1 fully saturated rings. The summed E-state index contributed by atoms with van der Waals surface area (Å²) in [4.78, 5) is 4.12. The van der Waals surface area contributed by atoms with E-state index in [-0.39, 0.29) is 6.54 Å². The molecule has 0 unspecified atom stereocenters. The fourth-order valence-corrected chi connectivity index (χ4v) is 2.30. The molecule has 0 aliphatic heterocycles. The summed E-state index contributed by atoms with van der Waals surface area (Å²) in [6.07, 6.45) is 3.75. The van der Waals surface area contributed by atoms with Crippen molar-refractivity contribution in [3.8, 4) is 0 Å². The lowest BCUT2D eigenvalue weighted by molar-refractivity contribution is 0.315. The van der Waals surface area contributed by atoms with Crippen LogP contribution in [0.2, 0.25) is 0 Å². The Hall–Kier alpha value is -1.17. The van der Waals surface area contributed by atoms with Crippen LogP contribution in [0.4, 0.5) is 8.78 Å². The molecule has 0 aromatic heterocycles. The Balaban J connectivity index is 1.90. The molecule has 1 aromatic rings. The highest BCUT2D eigenvalue weighted by Gasteiger charge is 2.16. The molecule has 6 heteroatoms. The molecule has 1 aromatic carbocycles. The van der Waals surface area contributed by atoms with Crippen molar-refractivity contribution in [3.05, 3.63) is 33.8 Å². The lowest BCUT2D eigenvalue weighted by atomic mass is 9.85. The molecule has 0 atom stereocenters. The highest BCUT2D eigenvalue weighted by Crippen LogP contribution is 2.25. The topological polar surface area (TPSA) is 50.4 Å². The van der Waals surface area contributed by atoms with Gasteiger partial charge in [-0.3, -0.25) is 0 Å². The van der Waals surface area contributed by atoms with Crippen molar-refractivity contribution in [3.63, 3.8) is 0 Å². The first kappa shape index (κ1) is 14.2. The van der Waals surface area contributed by atoms with Crippen molar-refractivity contribution in [1.82, 2.24) is 5.32 Å². The molecule has 3 N–H and O–H groups in total. The van der Waals surface area contributed by atoms with Gasteiger partial charge in [-0.2, -0.15) is 0 Å². The summed E-state index contributed by atoms with van der Waals surface area (Å²) in [5, 5.41) is 3.04. The molecule has 0 spiro atoms. The van der Waals surface area contributed by atoms with Crippen molar-refractivity contribution >= 4 is 21.9 Å². The monoisotopic (exact) mass is 331 g/mol. The molecule has 0 radical (unpaired) electrons. The molecule has 1 saturated carbocycles. The maximum Gasteiger partial charge on any atom is 0.188 e. The number of benzene rings is 1. The Morgan fingerprint density at radius 1 is 1.37 bits per heavy atom. The number of halogens is 3. The van der Waals surface area contributed by atoms with Gasteiger partial charge in [0.25, 0.3) is 0 Å². The summed E-state index contributed by atoms with van der Waals surface area (Å²) in [5.74, 6) is -0.739. The SMILES string of the molecule is NC(=NCc1cc(F)c(F)cc1Br)NCC1CCC1. The van der Waals surface area contributed by atoms with Gasteiger partial charge in [0.05, 0.1) is 6.54 Å². The molecule has 19 heavy (non-hydrogen) atoms. The molecule has 2 rings (SSSR count). The molecule has 1 aliphatic rings. The van der Waals surface area contributed by atoms with Gasteiger partial charge in [0.15, 0.2) is 17.6 Å². The van der Waals surface area contributed by atoms with E-state index < -0.39 is 11.6 Å². The standard InChI is InChI=1S/C13H16BrF2N3/c14-10-5-12(16)11(15)4-9(10)7-19-13(17)18-6-8-2-1-3-8/h4-5,8H,1-3,6-7H2,(H3,17,18,19). The van der Waals surface area contributed by atoms with Crippen LogP contribution in [0.5, 0.6) is 0 Å². The minimum atomic E-state index is -0.880. The number of nitrogens with zero attached hydrogens (tertiary/aromatic N) is 1. The number of aliphatic imine (C=N–C) groups is 1. The summed E-state index contributed by atoms with van der Waals surface area (Å²) < 4.78 is 26.5. The van der Waals surface area contributed by atoms with Crippen LogP contribution in [0.3, 0.4) is 0 Å². The van der Waals surface area contributed by atoms with Crippen LogP contribution in [0.25, 0.3) is 0 Å². The second-order valence-electron chi connectivity index (χ2n) is 4.74. The zero-order valence-corrected chi connectivity index (χ0v) is 12.0. The van der Waals surface area contributed by atoms with Gasteiger partial charge in [0.1, 0.15) is 0 Å². The lowest BCUT2D eigenvalue weighted by Gasteiger charge is -2.25. The molecular weight excluding hydrogens is 316 g/mol. The largest absolute Gasteiger partial charge is 0.370 e. The summed E-state index contributed by atoms with van der Waals surface area (Å²) in [6, 6.07) is 2.22. The zero-order valence-electron chi connectivity index (χ0n) is 10.4. The Bertz CT molecular complexity index is 487. The second-order valence-corrected chi connectivity index (χ2v) is 5.59. The van der Waals surface area contributed by atoms with Crippen LogP contribution >= 0.6 is 15.9 Å². The van der Waals surface area contributed by atoms with Gasteiger partial charge in [-0.05, 0) is 36.5 Å². The van der Waals surface area contributed by atoms with E-state index in [1.54, 1.807) is 0 Å². The van der Waals surface area contributed by atoms with E-state index in [1.807, 2.05) is 0 Å².